The first-order valence-electron chi connectivity index (χ1n) is 14.8. The van der Waals surface area contributed by atoms with E-state index in [0.717, 1.165) is 57.0 Å². The predicted molar refractivity (Wildman–Crippen MR) is 159 cm³/mol. The maximum absolute atomic E-state index is 15.3. The summed E-state index contributed by atoms with van der Waals surface area (Å²) in [7, 11) is 1.74. The van der Waals surface area contributed by atoms with E-state index in [1.54, 1.807) is 13.2 Å². The molecule has 0 amide bonds. The van der Waals surface area contributed by atoms with Crippen LogP contribution in [0, 0.1) is 11.7 Å². The molecule has 4 nitrogen and oxygen atoms in total. The average Bonchev–Trinajstić information content (AvgIpc) is 3.00. The number of anilines is 1. The van der Waals surface area contributed by atoms with E-state index in [1.807, 2.05) is 30.3 Å². The van der Waals surface area contributed by atoms with Gasteiger partial charge in [0.15, 0.2) is 0 Å². The van der Waals surface area contributed by atoms with Crippen LogP contribution in [0.2, 0.25) is 0 Å². The number of nitrogens with zero attached hydrogens (tertiary/aromatic N) is 2. The van der Waals surface area contributed by atoms with Crippen molar-refractivity contribution in [3.05, 3.63) is 95.8 Å². The molecule has 2 atom stereocenters. The Morgan fingerprint density at radius 2 is 1.54 bits per heavy atom. The molecular weight excluding hydrogens is 485 g/mol. The second-order valence-corrected chi connectivity index (χ2v) is 11.2. The van der Waals surface area contributed by atoms with Gasteiger partial charge in [0.05, 0.1) is 12.8 Å². The topological polar surface area (TPSA) is 27.7 Å². The highest BCUT2D eigenvalue weighted by Gasteiger charge is 2.33. The van der Waals surface area contributed by atoms with Crippen molar-refractivity contribution in [3.63, 3.8) is 0 Å². The molecule has 0 radical (unpaired) electrons. The molecule has 0 aromatic heterocycles. The highest BCUT2D eigenvalue weighted by atomic mass is 19.1. The summed E-state index contributed by atoms with van der Waals surface area (Å²) >= 11 is 0. The van der Waals surface area contributed by atoms with Crippen LogP contribution < -0.4 is 15.0 Å². The zero-order valence-corrected chi connectivity index (χ0v) is 23.4. The van der Waals surface area contributed by atoms with Crippen molar-refractivity contribution in [3.8, 4) is 5.75 Å². The van der Waals surface area contributed by atoms with Crippen molar-refractivity contribution < 1.29 is 9.13 Å². The summed E-state index contributed by atoms with van der Waals surface area (Å²) < 4.78 is 21.0. The van der Waals surface area contributed by atoms with E-state index >= 15 is 4.39 Å². The van der Waals surface area contributed by atoms with Gasteiger partial charge in [-0.1, -0.05) is 79.9 Å². The minimum absolute atomic E-state index is 0.0641. The van der Waals surface area contributed by atoms with Gasteiger partial charge < -0.3 is 15.0 Å². The van der Waals surface area contributed by atoms with Gasteiger partial charge in [-0.15, -0.1) is 0 Å². The van der Waals surface area contributed by atoms with Gasteiger partial charge in [0.2, 0.25) is 0 Å². The summed E-state index contributed by atoms with van der Waals surface area (Å²) in [5.74, 6) is 1.59. The van der Waals surface area contributed by atoms with Gasteiger partial charge in [-0.3, -0.25) is 4.90 Å². The van der Waals surface area contributed by atoms with E-state index < -0.39 is 0 Å². The lowest BCUT2D eigenvalue weighted by Gasteiger charge is -2.40. The van der Waals surface area contributed by atoms with Crippen LogP contribution in [0.1, 0.15) is 55.6 Å². The highest BCUT2D eigenvalue weighted by molar-refractivity contribution is 5.58. The summed E-state index contributed by atoms with van der Waals surface area (Å²) in [6.07, 6.45) is 7.30. The Kier molecular flexibility index (Phi) is 9.90. The normalized spacial score (nSPS) is 18.6. The van der Waals surface area contributed by atoms with E-state index in [2.05, 4.69) is 57.6 Å². The molecule has 3 aromatic rings. The highest BCUT2D eigenvalue weighted by Crippen LogP contribution is 2.37. The van der Waals surface area contributed by atoms with E-state index in [-0.39, 0.29) is 17.8 Å². The van der Waals surface area contributed by atoms with Crippen LogP contribution in [-0.2, 0) is 6.54 Å². The molecule has 0 bridgehead atoms. The fourth-order valence-electron chi connectivity index (χ4n) is 6.69. The molecule has 5 rings (SSSR count). The smallest absolute Gasteiger partial charge is 0.142 e. The predicted octanol–water partition coefficient (Wildman–Crippen LogP) is 6.87. The number of hydrogen-bond donors (Lipinski definition) is 1. The van der Waals surface area contributed by atoms with Gasteiger partial charge in [0.1, 0.15) is 11.6 Å². The zero-order valence-electron chi connectivity index (χ0n) is 23.4. The molecule has 1 saturated heterocycles. The first-order valence-corrected chi connectivity index (χ1v) is 14.8. The molecule has 0 spiro atoms. The molecule has 5 heteroatoms. The third kappa shape index (κ3) is 7.20. The average molecular weight is 530 g/mol. The quantitative estimate of drug-likeness (QED) is 0.293. The van der Waals surface area contributed by atoms with Crippen LogP contribution in [0.15, 0.2) is 78.9 Å². The first kappa shape index (κ1) is 27.7. The van der Waals surface area contributed by atoms with Gasteiger partial charge in [0, 0.05) is 44.7 Å². The Labute approximate surface area is 234 Å². The monoisotopic (exact) mass is 529 g/mol. The Bertz CT molecular complexity index is 1140. The molecule has 1 aliphatic heterocycles. The number of halogens is 1. The first-order chi connectivity index (χ1) is 19.2. The molecule has 1 N–H and O–H groups in total. The summed E-state index contributed by atoms with van der Waals surface area (Å²) in [4.78, 5) is 4.99. The number of piperazine rings is 1. The molecule has 1 saturated carbocycles. The minimum atomic E-state index is -0.0641. The van der Waals surface area contributed by atoms with Gasteiger partial charge in [-0.2, -0.15) is 0 Å². The van der Waals surface area contributed by atoms with E-state index in [1.165, 1.54) is 43.4 Å². The van der Waals surface area contributed by atoms with Crippen LogP contribution in [0.25, 0.3) is 0 Å². The maximum atomic E-state index is 15.3. The molecular formula is C34H44FN3O. The van der Waals surface area contributed by atoms with Gasteiger partial charge >= 0.3 is 0 Å². The number of methoxy groups -OCH3 is 1. The standard InChI is InChI=1S/C34H44FN3O/c1-39-33-19-11-10-18-32(33)38-24-22-37(23-25-38)21-20-30(29-16-8-9-17-31(29)35)34(28-14-6-3-7-15-28)36-26-27-12-4-2-5-13-27/h2,4-5,8-13,16-19,28,30,34,36H,3,6-7,14-15,20-26H2,1H3. The Morgan fingerprint density at radius 1 is 0.846 bits per heavy atom. The maximum Gasteiger partial charge on any atom is 0.142 e. The number of hydrogen-bond acceptors (Lipinski definition) is 4. The lowest BCUT2D eigenvalue weighted by molar-refractivity contribution is 0.201. The Balaban J connectivity index is 1.30. The van der Waals surface area contributed by atoms with Crippen molar-refractivity contribution >= 4 is 5.69 Å². The minimum Gasteiger partial charge on any atom is -0.495 e. The second-order valence-electron chi connectivity index (χ2n) is 11.2. The summed E-state index contributed by atoms with van der Waals surface area (Å²) in [6, 6.07) is 26.7. The molecule has 2 aliphatic rings. The Morgan fingerprint density at radius 3 is 2.28 bits per heavy atom. The van der Waals surface area contributed by atoms with E-state index in [4.69, 9.17) is 4.74 Å². The number of nitrogens with one attached hydrogen (secondary N) is 1. The van der Waals surface area contributed by atoms with Crippen molar-refractivity contribution in [1.82, 2.24) is 10.2 Å². The van der Waals surface area contributed by atoms with Crippen molar-refractivity contribution in [1.29, 1.82) is 0 Å². The fraction of sp³-hybridized carbons (Fsp3) is 0.471. The van der Waals surface area contributed by atoms with Crippen LogP contribution in [0.4, 0.5) is 10.1 Å². The molecule has 3 aromatic carbocycles. The lowest BCUT2D eigenvalue weighted by Crippen LogP contribution is -2.48. The molecule has 39 heavy (non-hydrogen) atoms. The van der Waals surface area contributed by atoms with E-state index in [0.29, 0.717) is 5.92 Å². The molecule has 1 heterocycles. The summed E-state index contributed by atoms with van der Waals surface area (Å²) in [5, 5.41) is 3.95. The third-order valence-electron chi connectivity index (χ3n) is 8.84. The van der Waals surface area contributed by atoms with Crippen LogP contribution in [0.3, 0.4) is 0 Å². The molecule has 208 valence electrons. The molecule has 1 aliphatic carbocycles. The van der Waals surface area contributed by atoms with Gasteiger partial charge in [-0.05, 0) is 61.1 Å². The SMILES string of the molecule is COc1ccccc1N1CCN(CCC(c2ccccc2F)C(NCc2ccccc2)C2CCCCC2)CC1. The summed E-state index contributed by atoms with van der Waals surface area (Å²) in [5.41, 5.74) is 3.34. The Hall–Kier alpha value is -2.89. The van der Waals surface area contributed by atoms with Crippen LogP contribution in [0.5, 0.6) is 5.75 Å². The van der Waals surface area contributed by atoms with Gasteiger partial charge in [-0.25, -0.2) is 4.39 Å². The number of ether oxygens (including phenoxy) is 1. The number of para-hydroxylation sites is 2. The fourth-order valence-corrected chi connectivity index (χ4v) is 6.69. The third-order valence-corrected chi connectivity index (χ3v) is 8.84. The number of benzene rings is 3. The number of rotatable bonds is 11. The van der Waals surface area contributed by atoms with E-state index in [9.17, 15) is 0 Å². The largest absolute Gasteiger partial charge is 0.495 e. The lowest BCUT2D eigenvalue weighted by atomic mass is 9.75. The summed E-state index contributed by atoms with van der Waals surface area (Å²) in [6.45, 7) is 5.77. The van der Waals surface area contributed by atoms with Crippen molar-refractivity contribution in [2.75, 3.05) is 44.7 Å². The molecule has 2 fully saturated rings. The van der Waals surface area contributed by atoms with Crippen LogP contribution in [-0.4, -0.2) is 50.8 Å². The van der Waals surface area contributed by atoms with Crippen molar-refractivity contribution in [2.45, 2.75) is 57.0 Å². The zero-order chi connectivity index (χ0) is 26.9. The molecule has 2 unspecified atom stereocenters. The van der Waals surface area contributed by atoms with Gasteiger partial charge in [0.25, 0.3) is 0 Å². The second kappa shape index (κ2) is 14.0. The van der Waals surface area contributed by atoms with Crippen LogP contribution >= 0.6 is 0 Å². The van der Waals surface area contributed by atoms with Crippen molar-refractivity contribution in [2.24, 2.45) is 5.92 Å².